The Bertz CT molecular complexity index is 1300. The molecule has 0 bridgehead atoms. The van der Waals surface area contributed by atoms with E-state index in [0.717, 1.165) is 25.0 Å². The van der Waals surface area contributed by atoms with Gasteiger partial charge in [-0.2, -0.15) is 13.2 Å². The normalized spacial score (nSPS) is 17.8. The van der Waals surface area contributed by atoms with Crippen LogP contribution >= 0.6 is 0 Å². The van der Waals surface area contributed by atoms with Crippen LogP contribution in [0.4, 0.5) is 18.9 Å². The molecule has 3 rings (SSSR count). The van der Waals surface area contributed by atoms with Crippen molar-refractivity contribution in [1.82, 2.24) is 16.0 Å². The molecule has 0 heterocycles. The molecule has 0 radical (unpaired) electrons. The molecule has 0 aromatic heterocycles. The van der Waals surface area contributed by atoms with E-state index in [2.05, 4.69) is 21.3 Å². The average Bonchev–Trinajstić information content (AvgIpc) is 2.87. The lowest BCUT2D eigenvalue weighted by Crippen LogP contribution is -2.54. The van der Waals surface area contributed by atoms with Crippen LogP contribution in [0.1, 0.15) is 52.0 Å². The van der Waals surface area contributed by atoms with Crippen molar-refractivity contribution in [2.24, 2.45) is 5.14 Å². The molecule has 1 saturated carbocycles. The number of hydrogen-bond donors (Lipinski definition) is 5. The van der Waals surface area contributed by atoms with Gasteiger partial charge in [-0.25, -0.2) is 13.6 Å². The maximum atomic E-state index is 13.1. The zero-order valence-corrected chi connectivity index (χ0v) is 21.2. The Morgan fingerprint density at radius 2 is 1.55 bits per heavy atom. The van der Waals surface area contributed by atoms with Crippen molar-refractivity contribution in [3.05, 3.63) is 59.2 Å². The van der Waals surface area contributed by atoms with Crippen LogP contribution in [0.3, 0.4) is 0 Å². The molecule has 0 aliphatic heterocycles. The third kappa shape index (κ3) is 7.44. The number of carbonyl (C=O) groups is 3. The van der Waals surface area contributed by atoms with E-state index >= 15 is 0 Å². The summed E-state index contributed by atoms with van der Waals surface area (Å²) >= 11 is 0. The fourth-order valence-electron chi connectivity index (χ4n) is 4.16. The van der Waals surface area contributed by atoms with Crippen LogP contribution in [0.25, 0.3) is 0 Å². The monoisotopic (exact) mass is 555 g/mol. The van der Waals surface area contributed by atoms with Crippen LogP contribution in [-0.2, 0) is 21.0 Å². The fraction of sp³-hybridized carbons (Fsp3) is 0.375. The van der Waals surface area contributed by atoms with Gasteiger partial charge in [0.15, 0.2) is 0 Å². The van der Waals surface area contributed by atoms with E-state index in [1.807, 2.05) is 0 Å². The number of carbonyl (C=O) groups excluding carboxylic acids is 3. The van der Waals surface area contributed by atoms with Gasteiger partial charge in [-0.3, -0.25) is 14.4 Å². The number of primary sulfonamides is 1. The third-order valence-corrected chi connectivity index (χ3v) is 7.07. The first-order chi connectivity index (χ1) is 17.8. The molecule has 1 aliphatic carbocycles. The lowest BCUT2D eigenvalue weighted by atomic mass is 9.90. The topological polar surface area (TPSA) is 159 Å². The standard InChI is InChI=1S/C24H28F3N5O5S/c1-29-18-11-8-15(24(25,26)27)12-17(18)23(35)30-13-21(33)31-19-4-2-3-5-20(19)32-22(34)14-6-9-16(10-7-14)38(28,36)37/h6-12,19-20,29H,2-5,13H2,1H3,(H,30,35)(H,31,33)(H,32,34)(H2,28,36,37)/t19-,20+/m1/s1. The van der Waals surface area contributed by atoms with Crippen molar-refractivity contribution < 1.29 is 36.0 Å². The van der Waals surface area contributed by atoms with Crippen molar-refractivity contribution in [2.45, 2.75) is 48.8 Å². The van der Waals surface area contributed by atoms with Crippen LogP contribution in [0.5, 0.6) is 0 Å². The first-order valence-electron chi connectivity index (χ1n) is 11.7. The number of hydrogen-bond acceptors (Lipinski definition) is 6. The first-order valence-corrected chi connectivity index (χ1v) is 13.2. The van der Waals surface area contributed by atoms with Crippen LogP contribution in [-0.4, -0.2) is 51.8 Å². The molecule has 14 heteroatoms. The van der Waals surface area contributed by atoms with Gasteiger partial charge in [-0.05, 0) is 55.3 Å². The lowest BCUT2D eigenvalue weighted by Gasteiger charge is -2.33. The molecule has 0 saturated heterocycles. The number of sulfonamides is 1. The van der Waals surface area contributed by atoms with E-state index in [4.69, 9.17) is 5.14 Å². The second-order valence-corrected chi connectivity index (χ2v) is 10.4. The SMILES string of the molecule is CNc1ccc(C(F)(F)F)cc1C(=O)NCC(=O)N[C@@H]1CCCC[C@@H]1NC(=O)c1ccc(S(N)(=O)=O)cc1. The highest BCUT2D eigenvalue weighted by atomic mass is 32.2. The van der Waals surface area contributed by atoms with E-state index in [-0.39, 0.29) is 21.7 Å². The minimum absolute atomic E-state index is 0.133. The zero-order valence-electron chi connectivity index (χ0n) is 20.4. The highest BCUT2D eigenvalue weighted by Crippen LogP contribution is 2.31. The molecular weight excluding hydrogens is 527 g/mol. The van der Waals surface area contributed by atoms with Crippen LogP contribution < -0.4 is 26.4 Å². The van der Waals surface area contributed by atoms with Gasteiger partial charge >= 0.3 is 6.18 Å². The predicted molar refractivity (Wildman–Crippen MR) is 133 cm³/mol. The summed E-state index contributed by atoms with van der Waals surface area (Å²) in [4.78, 5) is 37.7. The quantitative estimate of drug-likeness (QED) is 0.335. The smallest absolute Gasteiger partial charge is 0.387 e. The van der Waals surface area contributed by atoms with E-state index in [0.29, 0.717) is 18.9 Å². The van der Waals surface area contributed by atoms with E-state index in [9.17, 15) is 36.0 Å². The van der Waals surface area contributed by atoms with Crippen LogP contribution in [0.2, 0.25) is 0 Å². The molecule has 6 N–H and O–H groups in total. The van der Waals surface area contributed by atoms with Crippen molar-refractivity contribution in [2.75, 3.05) is 18.9 Å². The second-order valence-electron chi connectivity index (χ2n) is 8.80. The summed E-state index contributed by atoms with van der Waals surface area (Å²) in [6.07, 6.45) is -1.90. The Kier molecular flexibility index (Phi) is 8.99. The molecule has 3 amide bonds. The number of rotatable bonds is 8. The highest BCUT2D eigenvalue weighted by molar-refractivity contribution is 7.89. The number of alkyl halides is 3. The van der Waals surface area contributed by atoms with E-state index in [1.54, 1.807) is 0 Å². The van der Waals surface area contributed by atoms with Gasteiger partial charge in [-0.1, -0.05) is 12.8 Å². The number of halogens is 3. The summed E-state index contributed by atoms with van der Waals surface area (Å²) in [6, 6.07) is 6.92. The second kappa shape index (κ2) is 11.8. The molecule has 206 valence electrons. The number of anilines is 1. The molecule has 2 atom stereocenters. The first kappa shape index (κ1) is 28.9. The maximum absolute atomic E-state index is 13.1. The molecule has 1 aliphatic rings. The summed E-state index contributed by atoms with van der Waals surface area (Å²) in [7, 11) is -2.44. The van der Waals surface area contributed by atoms with Crippen molar-refractivity contribution >= 4 is 33.4 Å². The van der Waals surface area contributed by atoms with Crippen molar-refractivity contribution in [3.8, 4) is 0 Å². The molecule has 2 aromatic carbocycles. The van der Waals surface area contributed by atoms with Gasteiger partial charge in [0, 0.05) is 30.4 Å². The molecule has 0 spiro atoms. The summed E-state index contributed by atoms with van der Waals surface area (Å²) in [5.74, 6) is -1.89. The number of nitrogens with one attached hydrogen (secondary N) is 4. The Morgan fingerprint density at radius 3 is 2.11 bits per heavy atom. The Morgan fingerprint density at radius 1 is 0.947 bits per heavy atom. The largest absolute Gasteiger partial charge is 0.416 e. The Balaban J connectivity index is 1.60. The highest BCUT2D eigenvalue weighted by Gasteiger charge is 2.32. The maximum Gasteiger partial charge on any atom is 0.416 e. The van der Waals surface area contributed by atoms with Gasteiger partial charge in [0.1, 0.15) is 0 Å². The van der Waals surface area contributed by atoms with E-state index in [1.165, 1.54) is 31.3 Å². The summed E-state index contributed by atoms with van der Waals surface area (Å²) in [5.41, 5.74) is -0.873. The Hall–Kier alpha value is -3.65. The van der Waals surface area contributed by atoms with Crippen molar-refractivity contribution in [1.29, 1.82) is 0 Å². The van der Waals surface area contributed by atoms with Crippen LogP contribution in [0.15, 0.2) is 47.4 Å². The molecule has 2 aromatic rings. The molecule has 0 unspecified atom stereocenters. The molecular formula is C24H28F3N5O5S. The van der Waals surface area contributed by atoms with Gasteiger partial charge in [0.2, 0.25) is 15.9 Å². The summed E-state index contributed by atoms with van der Waals surface area (Å²) in [5, 5.41) is 15.7. The minimum atomic E-state index is -4.64. The predicted octanol–water partition coefficient (Wildman–Crippen LogP) is 1.98. The molecule has 1 fully saturated rings. The van der Waals surface area contributed by atoms with Crippen molar-refractivity contribution in [3.63, 3.8) is 0 Å². The molecule has 38 heavy (non-hydrogen) atoms. The lowest BCUT2D eigenvalue weighted by molar-refractivity contribution is -0.137. The summed E-state index contributed by atoms with van der Waals surface area (Å²) < 4.78 is 62.0. The minimum Gasteiger partial charge on any atom is -0.387 e. The van der Waals surface area contributed by atoms with Gasteiger partial charge in [-0.15, -0.1) is 0 Å². The third-order valence-electron chi connectivity index (χ3n) is 6.14. The average molecular weight is 556 g/mol. The zero-order chi connectivity index (χ0) is 28.1. The molecule has 10 nitrogen and oxygen atoms in total. The van der Waals surface area contributed by atoms with Gasteiger partial charge in [0.25, 0.3) is 11.8 Å². The van der Waals surface area contributed by atoms with Crippen LogP contribution in [0, 0.1) is 0 Å². The Labute approximate surface area is 217 Å². The number of amides is 3. The summed E-state index contributed by atoms with van der Waals surface area (Å²) in [6.45, 7) is -0.482. The fourth-order valence-corrected chi connectivity index (χ4v) is 4.68. The van der Waals surface area contributed by atoms with Gasteiger partial charge in [0.05, 0.1) is 22.6 Å². The van der Waals surface area contributed by atoms with E-state index < -0.39 is 58.1 Å². The number of nitrogens with two attached hydrogens (primary N) is 1. The number of benzene rings is 2. The van der Waals surface area contributed by atoms with Gasteiger partial charge < -0.3 is 21.3 Å².